The van der Waals surface area contributed by atoms with Crippen LogP contribution in [0.25, 0.3) is 0 Å². The van der Waals surface area contributed by atoms with Crippen LogP contribution in [0.1, 0.15) is 28.4 Å². The van der Waals surface area contributed by atoms with Crippen molar-refractivity contribution in [1.29, 1.82) is 0 Å². The summed E-state index contributed by atoms with van der Waals surface area (Å²) in [7, 11) is 0. The molecule has 0 radical (unpaired) electrons. The SMILES string of the molecule is CSc1ccccc1C(O)c1cccc(C)c1C. The minimum Gasteiger partial charge on any atom is -0.384 e. The van der Waals surface area contributed by atoms with Gasteiger partial charge in [-0.2, -0.15) is 0 Å². The van der Waals surface area contributed by atoms with E-state index in [2.05, 4.69) is 19.9 Å². The van der Waals surface area contributed by atoms with Crippen molar-refractivity contribution in [2.75, 3.05) is 6.26 Å². The lowest BCUT2D eigenvalue weighted by Crippen LogP contribution is -2.04. The van der Waals surface area contributed by atoms with Crippen molar-refractivity contribution in [3.63, 3.8) is 0 Å². The van der Waals surface area contributed by atoms with E-state index in [4.69, 9.17) is 0 Å². The topological polar surface area (TPSA) is 20.2 Å². The normalized spacial score (nSPS) is 12.4. The van der Waals surface area contributed by atoms with Crippen molar-refractivity contribution in [3.8, 4) is 0 Å². The van der Waals surface area contributed by atoms with Gasteiger partial charge in [-0.15, -0.1) is 11.8 Å². The van der Waals surface area contributed by atoms with E-state index >= 15 is 0 Å². The quantitative estimate of drug-likeness (QED) is 0.836. The Hall–Kier alpha value is -1.25. The van der Waals surface area contributed by atoms with Gasteiger partial charge in [0.2, 0.25) is 0 Å². The van der Waals surface area contributed by atoms with Crippen LogP contribution >= 0.6 is 11.8 Å². The van der Waals surface area contributed by atoms with Crippen molar-refractivity contribution in [3.05, 3.63) is 64.7 Å². The van der Waals surface area contributed by atoms with Gasteiger partial charge in [0.05, 0.1) is 0 Å². The maximum atomic E-state index is 10.6. The Labute approximate surface area is 113 Å². The second-order valence-electron chi connectivity index (χ2n) is 4.43. The predicted molar refractivity (Wildman–Crippen MR) is 78.2 cm³/mol. The van der Waals surface area contributed by atoms with Crippen LogP contribution in [0, 0.1) is 13.8 Å². The largest absolute Gasteiger partial charge is 0.384 e. The number of rotatable bonds is 3. The van der Waals surface area contributed by atoms with Crippen LogP contribution < -0.4 is 0 Å². The van der Waals surface area contributed by atoms with Crippen LogP contribution in [-0.2, 0) is 0 Å². The van der Waals surface area contributed by atoms with E-state index in [1.807, 2.05) is 42.7 Å². The molecular weight excluding hydrogens is 240 g/mol. The summed E-state index contributed by atoms with van der Waals surface area (Å²) < 4.78 is 0. The molecule has 18 heavy (non-hydrogen) atoms. The van der Waals surface area contributed by atoms with Gasteiger partial charge in [-0.05, 0) is 48.4 Å². The lowest BCUT2D eigenvalue weighted by Gasteiger charge is -2.18. The summed E-state index contributed by atoms with van der Waals surface area (Å²) >= 11 is 1.67. The van der Waals surface area contributed by atoms with Crippen LogP contribution in [0.2, 0.25) is 0 Å². The first-order chi connectivity index (χ1) is 8.65. The molecule has 0 saturated carbocycles. The molecule has 0 amide bonds. The highest BCUT2D eigenvalue weighted by atomic mass is 32.2. The van der Waals surface area contributed by atoms with Gasteiger partial charge in [-0.1, -0.05) is 36.4 Å². The first kappa shape index (κ1) is 13.2. The summed E-state index contributed by atoms with van der Waals surface area (Å²) in [5.74, 6) is 0. The summed E-state index contributed by atoms with van der Waals surface area (Å²) in [6.45, 7) is 4.14. The van der Waals surface area contributed by atoms with Gasteiger partial charge in [0, 0.05) is 4.90 Å². The van der Waals surface area contributed by atoms with Gasteiger partial charge < -0.3 is 5.11 Å². The molecule has 2 rings (SSSR count). The Bertz CT molecular complexity index is 549. The van der Waals surface area contributed by atoms with Gasteiger partial charge >= 0.3 is 0 Å². The molecule has 0 heterocycles. The van der Waals surface area contributed by atoms with E-state index in [0.717, 1.165) is 16.0 Å². The maximum absolute atomic E-state index is 10.6. The molecule has 1 atom stereocenters. The van der Waals surface area contributed by atoms with Crippen LogP contribution in [0.4, 0.5) is 0 Å². The summed E-state index contributed by atoms with van der Waals surface area (Å²) in [4.78, 5) is 1.13. The number of hydrogen-bond acceptors (Lipinski definition) is 2. The molecule has 0 bridgehead atoms. The van der Waals surface area contributed by atoms with E-state index in [1.165, 1.54) is 11.1 Å². The number of aliphatic hydroxyl groups excluding tert-OH is 1. The van der Waals surface area contributed by atoms with Crippen LogP contribution in [0.5, 0.6) is 0 Å². The Morgan fingerprint density at radius 2 is 1.61 bits per heavy atom. The van der Waals surface area contributed by atoms with E-state index in [9.17, 15) is 5.11 Å². The average Bonchev–Trinajstić information content (AvgIpc) is 2.41. The number of hydrogen-bond donors (Lipinski definition) is 1. The fourth-order valence-electron chi connectivity index (χ4n) is 2.13. The molecular formula is C16H18OS. The molecule has 1 N–H and O–H groups in total. The number of aryl methyl sites for hydroxylation is 1. The molecule has 0 aliphatic rings. The summed E-state index contributed by atoms with van der Waals surface area (Å²) in [5.41, 5.74) is 4.37. The highest BCUT2D eigenvalue weighted by Crippen LogP contribution is 2.32. The molecule has 2 aromatic rings. The standard InChI is InChI=1S/C16H18OS/c1-11-7-6-9-13(12(11)2)16(17)14-8-4-5-10-15(14)18-3/h4-10,16-17H,1-3H3. The Morgan fingerprint density at radius 3 is 2.33 bits per heavy atom. The second kappa shape index (κ2) is 5.59. The Morgan fingerprint density at radius 1 is 0.944 bits per heavy atom. The minimum atomic E-state index is -0.548. The molecule has 0 aromatic heterocycles. The third-order valence-electron chi connectivity index (χ3n) is 3.37. The average molecular weight is 258 g/mol. The van der Waals surface area contributed by atoms with Crippen molar-refractivity contribution in [2.24, 2.45) is 0 Å². The third kappa shape index (κ3) is 2.45. The maximum Gasteiger partial charge on any atom is 0.105 e. The summed E-state index contributed by atoms with van der Waals surface area (Å²) in [5, 5.41) is 10.6. The number of thioether (sulfide) groups is 1. The van der Waals surface area contributed by atoms with Crippen molar-refractivity contribution >= 4 is 11.8 Å². The van der Waals surface area contributed by atoms with E-state index in [0.29, 0.717) is 0 Å². The van der Waals surface area contributed by atoms with E-state index < -0.39 is 6.10 Å². The van der Waals surface area contributed by atoms with Gasteiger partial charge in [0.15, 0.2) is 0 Å². The monoisotopic (exact) mass is 258 g/mol. The second-order valence-corrected chi connectivity index (χ2v) is 5.28. The van der Waals surface area contributed by atoms with Gasteiger partial charge in [0.25, 0.3) is 0 Å². The fourth-order valence-corrected chi connectivity index (χ4v) is 2.76. The lowest BCUT2D eigenvalue weighted by molar-refractivity contribution is 0.216. The van der Waals surface area contributed by atoms with Crippen molar-refractivity contribution < 1.29 is 5.11 Å². The molecule has 0 fully saturated rings. The Kier molecular flexibility index (Phi) is 4.10. The number of benzene rings is 2. The van der Waals surface area contributed by atoms with Gasteiger partial charge in [-0.3, -0.25) is 0 Å². The van der Waals surface area contributed by atoms with Gasteiger partial charge in [0.1, 0.15) is 6.10 Å². The van der Waals surface area contributed by atoms with Crippen LogP contribution in [0.15, 0.2) is 47.4 Å². The van der Waals surface area contributed by atoms with E-state index in [-0.39, 0.29) is 0 Å². The summed E-state index contributed by atoms with van der Waals surface area (Å²) in [6, 6.07) is 14.1. The van der Waals surface area contributed by atoms with Crippen molar-refractivity contribution in [1.82, 2.24) is 0 Å². The molecule has 94 valence electrons. The minimum absolute atomic E-state index is 0.548. The molecule has 1 unspecified atom stereocenters. The highest BCUT2D eigenvalue weighted by Gasteiger charge is 2.16. The van der Waals surface area contributed by atoms with Crippen molar-refractivity contribution in [2.45, 2.75) is 24.8 Å². The number of aliphatic hydroxyl groups is 1. The molecule has 0 aliphatic heterocycles. The molecule has 1 nitrogen and oxygen atoms in total. The first-order valence-corrected chi connectivity index (χ1v) is 7.24. The van der Waals surface area contributed by atoms with Crippen LogP contribution in [0.3, 0.4) is 0 Å². The fraction of sp³-hybridized carbons (Fsp3) is 0.250. The molecule has 2 aromatic carbocycles. The highest BCUT2D eigenvalue weighted by molar-refractivity contribution is 7.98. The van der Waals surface area contributed by atoms with E-state index in [1.54, 1.807) is 11.8 Å². The molecule has 2 heteroatoms. The Balaban J connectivity index is 2.48. The predicted octanol–water partition coefficient (Wildman–Crippen LogP) is 4.11. The van der Waals surface area contributed by atoms with Gasteiger partial charge in [-0.25, -0.2) is 0 Å². The zero-order valence-corrected chi connectivity index (χ0v) is 11.8. The third-order valence-corrected chi connectivity index (χ3v) is 4.19. The molecule has 0 spiro atoms. The smallest absolute Gasteiger partial charge is 0.105 e. The zero-order chi connectivity index (χ0) is 13.1. The summed E-state index contributed by atoms with van der Waals surface area (Å²) in [6.07, 6.45) is 1.49. The molecule has 0 saturated heterocycles. The lowest BCUT2D eigenvalue weighted by atomic mass is 9.95. The zero-order valence-electron chi connectivity index (χ0n) is 11.0. The molecule has 0 aliphatic carbocycles. The van der Waals surface area contributed by atoms with Crippen LogP contribution in [-0.4, -0.2) is 11.4 Å². The first-order valence-electron chi connectivity index (χ1n) is 6.02.